The van der Waals surface area contributed by atoms with Gasteiger partial charge in [0.05, 0.1) is 11.1 Å². The maximum absolute atomic E-state index is 11.9. The molecule has 2 aromatic carbocycles. The van der Waals surface area contributed by atoms with Gasteiger partial charge < -0.3 is 14.8 Å². The quantitative estimate of drug-likeness (QED) is 0.794. The number of ether oxygens (including phenoxy) is 2. The number of carbonyl (C=O) groups is 1. The monoisotopic (exact) mass is 367 g/mol. The van der Waals surface area contributed by atoms with Crippen LogP contribution >= 0.6 is 23.2 Å². The van der Waals surface area contributed by atoms with Crippen LogP contribution in [-0.4, -0.2) is 25.2 Å². The van der Waals surface area contributed by atoms with Crippen molar-refractivity contribution in [2.75, 3.05) is 13.2 Å². The molecule has 0 saturated heterocycles. The van der Waals surface area contributed by atoms with E-state index in [9.17, 15) is 4.79 Å². The minimum Gasteiger partial charge on any atom is -0.491 e. The van der Waals surface area contributed by atoms with Crippen molar-refractivity contribution in [2.45, 2.75) is 19.9 Å². The average Bonchev–Trinajstić information content (AvgIpc) is 2.53. The van der Waals surface area contributed by atoms with Crippen molar-refractivity contribution < 1.29 is 14.3 Å². The Balaban J connectivity index is 1.74. The van der Waals surface area contributed by atoms with Crippen molar-refractivity contribution in [3.63, 3.8) is 0 Å². The van der Waals surface area contributed by atoms with Crippen molar-refractivity contribution in [3.8, 4) is 11.5 Å². The van der Waals surface area contributed by atoms with E-state index in [2.05, 4.69) is 5.32 Å². The molecule has 2 rings (SSSR count). The van der Waals surface area contributed by atoms with Crippen LogP contribution in [0.3, 0.4) is 0 Å². The molecule has 2 aromatic rings. The van der Waals surface area contributed by atoms with Gasteiger partial charge in [0.1, 0.15) is 18.1 Å². The second-order valence-corrected chi connectivity index (χ2v) is 6.30. The molecule has 4 nitrogen and oxygen atoms in total. The first-order chi connectivity index (χ1) is 11.4. The summed E-state index contributed by atoms with van der Waals surface area (Å²) in [7, 11) is 0. The van der Waals surface area contributed by atoms with Crippen LogP contribution in [0.5, 0.6) is 11.5 Å². The van der Waals surface area contributed by atoms with Gasteiger partial charge >= 0.3 is 0 Å². The molecule has 1 N–H and O–H groups in total. The smallest absolute Gasteiger partial charge is 0.258 e. The molecule has 1 unspecified atom stereocenters. The van der Waals surface area contributed by atoms with Gasteiger partial charge in [-0.3, -0.25) is 4.79 Å². The molecule has 0 aliphatic carbocycles. The Hall–Kier alpha value is -1.91. The van der Waals surface area contributed by atoms with Crippen LogP contribution < -0.4 is 14.8 Å². The Bertz CT molecular complexity index is 689. The van der Waals surface area contributed by atoms with Crippen molar-refractivity contribution in [3.05, 3.63) is 58.1 Å². The fourth-order valence-electron chi connectivity index (χ4n) is 1.95. The van der Waals surface area contributed by atoms with E-state index in [-0.39, 0.29) is 18.6 Å². The van der Waals surface area contributed by atoms with Crippen LogP contribution in [0.4, 0.5) is 0 Å². The number of rotatable bonds is 7. The fourth-order valence-corrected chi connectivity index (χ4v) is 2.41. The van der Waals surface area contributed by atoms with E-state index in [1.807, 2.05) is 38.1 Å². The third-order valence-electron chi connectivity index (χ3n) is 3.18. The highest BCUT2D eigenvalue weighted by Gasteiger charge is 2.10. The summed E-state index contributed by atoms with van der Waals surface area (Å²) in [4.78, 5) is 11.9. The second kappa shape index (κ2) is 8.81. The number of nitrogens with one attached hydrogen (secondary N) is 1. The van der Waals surface area contributed by atoms with Gasteiger partial charge in [-0.25, -0.2) is 0 Å². The highest BCUT2D eigenvalue weighted by molar-refractivity contribution is 6.35. The molecule has 0 heterocycles. The average molecular weight is 368 g/mol. The zero-order chi connectivity index (χ0) is 17.5. The predicted octanol–water partition coefficient (Wildman–Crippen LogP) is 4.26. The molecule has 0 radical (unpaired) electrons. The Kier molecular flexibility index (Phi) is 6.76. The summed E-state index contributed by atoms with van der Waals surface area (Å²) in [5, 5.41) is 3.68. The van der Waals surface area contributed by atoms with E-state index in [0.717, 1.165) is 5.75 Å². The first-order valence-electron chi connectivity index (χ1n) is 7.50. The van der Waals surface area contributed by atoms with E-state index >= 15 is 0 Å². The predicted molar refractivity (Wildman–Crippen MR) is 96.2 cm³/mol. The SMILES string of the molecule is Cc1ccc(OCC(C)NC(=O)COc2ccc(Cl)cc2Cl)cc1. The summed E-state index contributed by atoms with van der Waals surface area (Å²) in [6, 6.07) is 12.4. The molecule has 0 aliphatic rings. The minimum atomic E-state index is -0.249. The Labute approximate surface area is 151 Å². The number of hydrogen-bond acceptors (Lipinski definition) is 3. The van der Waals surface area contributed by atoms with Gasteiger partial charge in [0.25, 0.3) is 5.91 Å². The highest BCUT2D eigenvalue weighted by atomic mass is 35.5. The van der Waals surface area contributed by atoms with E-state index in [1.54, 1.807) is 18.2 Å². The topological polar surface area (TPSA) is 47.6 Å². The van der Waals surface area contributed by atoms with Gasteiger partial charge in [-0.05, 0) is 44.2 Å². The lowest BCUT2D eigenvalue weighted by Gasteiger charge is -2.15. The summed E-state index contributed by atoms with van der Waals surface area (Å²) in [5.74, 6) is 0.937. The maximum atomic E-state index is 11.9. The van der Waals surface area contributed by atoms with Crippen LogP contribution in [0.2, 0.25) is 10.0 Å². The Morgan fingerprint density at radius 3 is 2.50 bits per heavy atom. The van der Waals surface area contributed by atoms with Crippen LogP contribution in [0.25, 0.3) is 0 Å². The normalized spacial score (nSPS) is 11.7. The van der Waals surface area contributed by atoms with E-state index in [4.69, 9.17) is 32.7 Å². The standard InChI is InChI=1S/C18H19Cl2NO3/c1-12-3-6-15(7-4-12)23-10-13(2)21-18(22)11-24-17-8-5-14(19)9-16(17)20/h3-9,13H,10-11H2,1-2H3,(H,21,22). The molecule has 0 spiro atoms. The van der Waals surface area contributed by atoms with Crippen molar-refractivity contribution >= 4 is 29.1 Å². The van der Waals surface area contributed by atoms with Gasteiger partial charge in [0.15, 0.2) is 6.61 Å². The lowest BCUT2D eigenvalue weighted by Crippen LogP contribution is -2.39. The number of carbonyl (C=O) groups excluding carboxylic acids is 1. The van der Waals surface area contributed by atoms with Crippen molar-refractivity contribution in [1.82, 2.24) is 5.32 Å². The third kappa shape index (κ3) is 5.95. The molecule has 0 fully saturated rings. The maximum Gasteiger partial charge on any atom is 0.258 e. The summed E-state index contributed by atoms with van der Waals surface area (Å²) in [6.07, 6.45) is 0. The highest BCUT2D eigenvalue weighted by Crippen LogP contribution is 2.27. The molecule has 1 atom stereocenters. The lowest BCUT2D eigenvalue weighted by molar-refractivity contribution is -0.123. The zero-order valence-corrected chi connectivity index (χ0v) is 15.0. The minimum absolute atomic E-state index is 0.129. The molecule has 6 heteroatoms. The fraction of sp³-hybridized carbons (Fsp3) is 0.278. The summed E-state index contributed by atoms with van der Waals surface area (Å²) in [5.41, 5.74) is 1.17. The molecule has 0 aliphatic heterocycles. The molecule has 0 saturated carbocycles. The number of halogens is 2. The zero-order valence-electron chi connectivity index (χ0n) is 13.5. The molecule has 24 heavy (non-hydrogen) atoms. The van der Waals surface area contributed by atoms with Gasteiger partial charge in [0, 0.05) is 5.02 Å². The Morgan fingerprint density at radius 1 is 1.12 bits per heavy atom. The summed E-state index contributed by atoms with van der Waals surface area (Å²) < 4.78 is 11.0. The second-order valence-electron chi connectivity index (χ2n) is 5.46. The van der Waals surface area contributed by atoms with Crippen LogP contribution in [-0.2, 0) is 4.79 Å². The lowest BCUT2D eigenvalue weighted by atomic mass is 10.2. The summed E-state index contributed by atoms with van der Waals surface area (Å²) >= 11 is 11.8. The summed E-state index contributed by atoms with van der Waals surface area (Å²) in [6.45, 7) is 4.12. The van der Waals surface area contributed by atoms with Gasteiger partial charge in [0.2, 0.25) is 0 Å². The molecular formula is C18H19Cl2NO3. The van der Waals surface area contributed by atoms with E-state index in [1.165, 1.54) is 5.56 Å². The molecule has 128 valence electrons. The van der Waals surface area contributed by atoms with Crippen LogP contribution in [0.1, 0.15) is 12.5 Å². The van der Waals surface area contributed by atoms with Gasteiger partial charge in [-0.15, -0.1) is 0 Å². The van der Waals surface area contributed by atoms with Crippen molar-refractivity contribution in [2.24, 2.45) is 0 Å². The third-order valence-corrected chi connectivity index (χ3v) is 3.71. The number of benzene rings is 2. The number of aryl methyl sites for hydroxylation is 1. The van der Waals surface area contributed by atoms with E-state index in [0.29, 0.717) is 22.4 Å². The van der Waals surface area contributed by atoms with Gasteiger partial charge in [-0.1, -0.05) is 40.9 Å². The molecule has 0 aromatic heterocycles. The molecule has 0 bridgehead atoms. The first kappa shape index (κ1) is 18.4. The van der Waals surface area contributed by atoms with Crippen molar-refractivity contribution in [1.29, 1.82) is 0 Å². The number of amides is 1. The largest absolute Gasteiger partial charge is 0.491 e. The Morgan fingerprint density at radius 2 is 1.83 bits per heavy atom. The molecule has 1 amide bonds. The van der Waals surface area contributed by atoms with Gasteiger partial charge in [-0.2, -0.15) is 0 Å². The van der Waals surface area contributed by atoms with E-state index < -0.39 is 0 Å². The van der Waals surface area contributed by atoms with Crippen LogP contribution in [0, 0.1) is 6.92 Å². The molecular weight excluding hydrogens is 349 g/mol. The number of hydrogen-bond donors (Lipinski definition) is 1. The van der Waals surface area contributed by atoms with Crippen LogP contribution in [0.15, 0.2) is 42.5 Å². The first-order valence-corrected chi connectivity index (χ1v) is 8.26.